The Morgan fingerprint density at radius 3 is 2.87 bits per heavy atom. The van der Waals surface area contributed by atoms with Crippen molar-refractivity contribution in [1.82, 2.24) is 0 Å². The van der Waals surface area contributed by atoms with Crippen molar-refractivity contribution in [3.63, 3.8) is 0 Å². The average molecular weight is 324 g/mol. The Labute approximate surface area is 102 Å². The van der Waals surface area contributed by atoms with Gasteiger partial charge in [-0.05, 0) is 42.0 Å². The van der Waals surface area contributed by atoms with Crippen LogP contribution >= 0.6 is 22.6 Å². The van der Waals surface area contributed by atoms with E-state index in [9.17, 15) is 4.39 Å². The molecule has 0 aromatic heterocycles. The molecule has 0 saturated heterocycles. The Balaban J connectivity index is 2.81. The van der Waals surface area contributed by atoms with Gasteiger partial charge in [-0.2, -0.15) is 0 Å². The van der Waals surface area contributed by atoms with Gasteiger partial charge in [-0.15, -0.1) is 0 Å². The fourth-order valence-corrected chi connectivity index (χ4v) is 1.71. The lowest BCUT2D eigenvalue weighted by Crippen LogP contribution is -2.17. The van der Waals surface area contributed by atoms with Gasteiger partial charge in [0.2, 0.25) is 0 Å². The van der Waals surface area contributed by atoms with Crippen molar-refractivity contribution in [2.24, 2.45) is 0 Å². The number of hydrogen-bond donors (Lipinski definition) is 3. The smallest absolute Gasteiger partial charge is 0.138 e. The zero-order valence-corrected chi connectivity index (χ0v) is 10.6. The normalized spacial score (nSPS) is 12.5. The largest absolute Gasteiger partial charge is 0.397 e. The number of halogens is 2. The van der Waals surface area contributed by atoms with Crippen LogP contribution in [0.3, 0.4) is 0 Å². The van der Waals surface area contributed by atoms with Crippen LogP contribution in [0, 0.1) is 9.39 Å². The first-order chi connectivity index (χ1) is 7.04. The summed E-state index contributed by atoms with van der Waals surface area (Å²) >= 11 is 1.89. The molecule has 1 atom stereocenters. The number of aliphatic hydroxyl groups excluding tert-OH is 1. The van der Waals surface area contributed by atoms with Crippen molar-refractivity contribution < 1.29 is 9.50 Å². The standard InChI is InChI=1S/C10H14FIN2O/c1-6(2-3-15)14-10-4-7(11)8(12)5-9(10)13/h4-6,14-15H,2-3,13H2,1H3. The molecule has 15 heavy (non-hydrogen) atoms. The van der Waals surface area contributed by atoms with Crippen LogP contribution in [0.15, 0.2) is 12.1 Å². The average Bonchev–Trinajstić information content (AvgIpc) is 2.14. The van der Waals surface area contributed by atoms with Crippen LogP contribution < -0.4 is 11.1 Å². The maximum absolute atomic E-state index is 13.2. The quantitative estimate of drug-likeness (QED) is 0.588. The molecule has 0 aliphatic heterocycles. The van der Waals surface area contributed by atoms with Gasteiger partial charge in [0, 0.05) is 18.7 Å². The summed E-state index contributed by atoms with van der Waals surface area (Å²) in [5.74, 6) is -0.288. The first kappa shape index (κ1) is 12.5. The maximum Gasteiger partial charge on any atom is 0.138 e. The van der Waals surface area contributed by atoms with E-state index in [-0.39, 0.29) is 18.5 Å². The zero-order valence-electron chi connectivity index (χ0n) is 8.43. The minimum atomic E-state index is -0.288. The van der Waals surface area contributed by atoms with Crippen molar-refractivity contribution in [3.05, 3.63) is 21.5 Å². The van der Waals surface area contributed by atoms with Gasteiger partial charge in [0.15, 0.2) is 0 Å². The Morgan fingerprint density at radius 1 is 1.60 bits per heavy atom. The third kappa shape index (κ3) is 3.49. The van der Waals surface area contributed by atoms with Gasteiger partial charge in [-0.25, -0.2) is 4.39 Å². The predicted octanol–water partition coefficient (Wildman–Crippen LogP) is 2.20. The van der Waals surface area contributed by atoms with Gasteiger partial charge in [0.25, 0.3) is 0 Å². The Bertz CT molecular complexity index is 346. The lowest BCUT2D eigenvalue weighted by Gasteiger charge is -2.16. The molecule has 1 aromatic rings. The fourth-order valence-electron chi connectivity index (χ4n) is 1.22. The van der Waals surface area contributed by atoms with Crippen molar-refractivity contribution in [2.75, 3.05) is 17.7 Å². The third-order valence-corrected chi connectivity index (χ3v) is 2.88. The van der Waals surface area contributed by atoms with Crippen LogP contribution in [0.25, 0.3) is 0 Å². The SMILES string of the molecule is CC(CCO)Nc1cc(F)c(I)cc1N. The number of anilines is 2. The monoisotopic (exact) mass is 324 g/mol. The summed E-state index contributed by atoms with van der Waals surface area (Å²) in [5.41, 5.74) is 6.83. The van der Waals surface area contributed by atoms with Crippen molar-refractivity contribution in [1.29, 1.82) is 0 Å². The molecule has 0 spiro atoms. The van der Waals surface area contributed by atoms with Gasteiger partial charge in [0.1, 0.15) is 5.82 Å². The van der Waals surface area contributed by atoms with E-state index in [1.54, 1.807) is 6.07 Å². The highest BCUT2D eigenvalue weighted by atomic mass is 127. The third-order valence-electron chi connectivity index (χ3n) is 2.06. The zero-order chi connectivity index (χ0) is 11.4. The molecule has 0 saturated carbocycles. The number of nitrogen functional groups attached to an aromatic ring is 1. The number of benzene rings is 1. The molecule has 0 aliphatic carbocycles. The molecule has 3 nitrogen and oxygen atoms in total. The molecule has 5 heteroatoms. The molecule has 0 fully saturated rings. The minimum absolute atomic E-state index is 0.0664. The molecule has 1 unspecified atom stereocenters. The van der Waals surface area contributed by atoms with E-state index >= 15 is 0 Å². The van der Waals surface area contributed by atoms with E-state index < -0.39 is 0 Å². The molecule has 1 aromatic carbocycles. The highest BCUT2D eigenvalue weighted by Gasteiger charge is 2.08. The number of nitrogens with two attached hydrogens (primary N) is 1. The summed E-state index contributed by atoms with van der Waals surface area (Å²) < 4.78 is 13.7. The summed E-state index contributed by atoms with van der Waals surface area (Å²) in [6, 6.07) is 3.03. The van der Waals surface area contributed by atoms with Gasteiger partial charge in [0.05, 0.1) is 14.9 Å². The van der Waals surface area contributed by atoms with Crippen LogP contribution in [0.5, 0.6) is 0 Å². The Morgan fingerprint density at radius 2 is 2.27 bits per heavy atom. The van der Waals surface area contributed by atoms with Crippen LogP contribution in [-0.2, 0) is 0 Å². The number of hydrogen-bond acceptors (Lipinski definition) is 3. The second kappa shape index (κ2) is 5.50. The van der Waals surface area contributed by atoms with Crippen LogP contribution in [0.4, 0.5) is 15.8 Å². The first-order valence-electron chi connectivity index (χ1n) is 4.66. The molecular formula is C10H14FIN2O. The highest BCUT2D eigenvalue weighted by Crippen LogP contribution is 2.24. The molecule has 0 heterocycles. The molecule has 0 amide bonds. The topological polar surface area (TPSA) is 58.3 Å². The van der Waals surface area contributed by atoms with E-state index in [4.69, 9.17) is 10.8 Å². The van der Waals surface area contributed by atoms with Crippen molar-refractivity contribution >= 4 is 34.0 Å². The molecule has 84 valence electrons. The molecule has 0 aliphatic rings. The lowest BCUT2D eigenvalue weighted by molar-refractivity contribution is 0.282. The number of rotatable bonds is 4. The summed E-state index contributed by atoms with van der Waals surface area (Å²) in [6.07, 6.45) is 0.604. The molecule has 4 N–H and O–H groups in total. The first-order valence-corrected chi connectivity index (χ1v) is 5.74. The second-order valence-electron chi connectivity index (χ2n) is 3.41. The van der Waals surface area contributed by atoms with Gasteiger partial charge >= 0.3 is 0 Å². The van der Waals surface area contributed by atoms with E-state index in [0.717, 1.165) is 0 Å². The molecule has 0 radical (unpaired) electrons. The molecule has 0 bridgehead atoms. The highest BCUT2D eigenvalue weighted by molar-refractivity contribution is 14.1. The maximum atomic E-state index is 13.2. The van der Waals surface area contributed by atoms with Crippen LogP contribution in [0.1, 0.15) is 13.3 Å². The summed E-state index contributed by atoms with van der Waals surface area (Å²) in [4.78, 5) is 0. The van der Waals surface area contributed by atoms with Gasteiger partial charge in [-0.3, -0.25) is 0 Å². The second-order valence-corrected chi connectivity index (χ2v) is 4.57. The fraction of sp³-hybridized carbons (Fsp3) is 0.400. The minimum Gasteiger partial charge on any atom is -0.397 e. The molecule has 1 rings (SSSR count). The van der Waals surface area contributed by atoms with Crippen molar-refractivity contribution in [2.45, 2.75) is 19.4 Å². The predicted molar refractivity (Wildman–Crippen MR) is 68.3 cm³/mol. The van der Waals surface area contributed by atoms with E-state index in [2.05, 4.69) is 5.32 Å². The number of nitrogens with one attached hydrogen (secondary N) is 1. The lowest BCUT2D eigenvalue weighted by atomic mass is 10.2. The van der Waals surface area contributed by atoms with Gasteiger partial charge < -0.3 is 16.2 Å². The Kier molecular flexibility index (Phi) is 4.59. The van der Waals surface area contributed by atoms with E-state index in [1.807, 2.05) is 29.5 Å². The van der Waals surface area contributed by atoms with Gasteiger partial charge in [-0.1, -0.05) is 0 Å². The summed E-state index contributed by atoms with van der Waals surface area (Å²) in [5, 5.41) is 11.8. The Hall–Kier alpha value is -0.560. The number of aliphatic hydroxyl groups is 1. The van der Waals surface area contributed by atoms with E-state index in [0.29, 0.717) is 21.4 Å². The van der Waals surface area contributed by atoms with Crippen molar-refractivity contribution in [3.8, 4) is 0 Å². The summed E-state index contributed by atoms with van der Waals surface area (Å²) in [7, 11) is 0. The summed E-state index contributed by atoms with van der Waals surface area (Å²) in [6.45, 7) is 2.01. The van der Waals surface area contributed by atoms with Crippen LogP contribution in [-0.4, -0.2) is 17.8 Å². The van der Waals surface area contributed by atoms with E-state index in [1.165, 1.54) is 6.07 Å². The molecular weight excluding hydrogens is 310 g/mol. The van der Waals surface area contributed by atoms with Crippen LogP contribution in [0.2, 0.25) is 0 Å².